The summed E-state index contributed by atoms with van der Waals surface area (Å²) in [5.41, 5.74) is 0. The van der Waals surface area contributed by atoms with E-state index in [1.165, 1.54) is 6.42 Å². The van der Waals surface area contributed by atoms with E-state index >= 15 is 0 Å². The van der Waals surface area contributed by atoms with Crippen LogP contribution in [0.25, 0.3) is 0 Å². The highest BCUT2D eigenvalue weighted by Gasteiger charge is 2.25. The number of carbonyl (C=O) groups is 1. The summed E-state index contributed by atoms with van der Waals surface area (Å²) >= 11 is 0. The highest BCUT2D eigenvalue weighted by atomic mass is 16.1. The second-order valence-corrected chi connectivity index (χ2v) is 3.98. The van der Waals surface area contributed by atoms with E-state index in [1.807, 2.05) is 6.92 Å². The molecule has 1 aliphatic rings. The van der Waals surface area contributed by atoms with Crippen LogP contribution in [-0.4, -0.2) is 17.9 Å². The molecule has 1 fully saturated rings. The summed E-state index contributed by atoms with van der Waals surface area (Å²) in [6.07, 6.45) is 5.06. The SMILES string of the molecule is C=CC(C)C(=O)[C@@H]1CCC[C@@H](C)N1. The standard InChI is InChI=1S/C11H19NO/c1-4-8(2)11(13)10-7-5-6-9(3)12-10/h4,8-10,12H,1,5-7H2,2-3H3/t8?,9-,10+/m1/s1. The Balaban J connectivity index is 2.50. The number of piperidine rings is 1. The minimum atomic E-state index is -0.0113. The van der Waals surface area contributed by atoms with Crippen LogP contribution >= 0.6 is 0 Å². The molecule has 3 atom stereocenters. The molecule has 2 heteroatoms. The van der Waals surface area contributed by atoms with Gasteiger partial charge in [0.2, 0.25) is 0 Å². The number of nitrogens with one attached hydrogen (secondary N) is 1. The number of rotatable bonds is 3. The van der Waals surface area contributed by atoms with E-state index in [1.54, 1.807) is 6.08 Å². The van der Waals surface area contributed by atoms with Crippen molar-refractivity contribution in [2.24, 2.45) is 5.92 Å². The lowest BCUT2D eigenvalue weighted by Crippen LogP contribution is -2.46. The Morgan fingerprint density at radius 3 is 2.85 bits per heavy atom. The highest BCUT2D eigenvalue weighted by Crippen LogP contribution is 2.16. The van der Waals surface area contributed by atoms with Crippen LogP contribution in [0.15, 0.2) is 12.7 Å². The first-order chi connectivity index (χ1) is 6.15. The molecule has 1 saturated heterocycles. The Morgan fingerprint density at radius 1 is 1.62 bits per heavy atom. The van der Waals surface area contributed by atoms with Crippen LogP contribution in [-0.2, 0) is 4.79 Å². The van der Waals surface area contributed by atoms with Gasteiger partial charge in [0.05, 0.1) is 6.04 Å². The Labute approximate surface area is 80.4 Å². The van der Waals surface area contributed by atoms with Crippen LogP contribution in [0.5, 0.6) is 0 Å². The molecule has 2 nitrogen and oxygen atoms in total. The first kappa shape index (κ1) is 10.5. The molecule has 0 spiro atoms. The van der Waals surface area contributed by atoms with Crippen LogP contribution in [0.3, 0.4) is 0 Å². The topological polar surface area (TPSA) is 29.1 Å². The van der Waals surface area contributed by atoms with E-state index in [9.17, 15) is 4.79 Å². The fraction of sp³-hybridized carbons (Fsp3) is 0.727. The van der Waals surface area contributed by atoms with Gasteiger partial charge in [-0.3, -0.25) is 4.79 Å². The Hall–Kier alpha value is -0.630. The van der Waals surface area contributed by atoms with Crippen LogP contribution in [0.4, 0.5) is 0 Å². The van der Waals surface area contributed by atoms with E-state index in [-0.39, 0.29) is 12.0 Å². The predicted octanol–water partition coefficient (Wildman–Crippen LogP) is 1.91. The fourth-order valence-corrected chi connectivity index (χ4v) is 1.80. The van der Waals surface area contributed by atoms with Gasteiger partial charge in [-0.15, -0.1) is 6.58 Å². The normalized spacial score (nSPS) is 30.9. The van der Waals surface area contributed by atoms with Crippen molar-refractivity contribution >= 4 is 5.78 Å². The second-order valence-electron chi connectivity index (χ2n) is 3.98. The second kappa shape index (κ2) is 4.56. The quantitative estimate of drug-likeness (QED) is 0.674. The molecule has 1 rings (SSSR count). The highest BCUT2D eigenvalue weighted by molar-refractivity contribution is 5.87. The van der Waals surface area contributed by atoms with Crippen molar-refractivity contribution < 1.29 is 4.79 Å². The van der Waals surface area contributed by atoms with Crippen molar-refractivity contribution in [2.75, 3.05) is 0 Å². The maximum Gasteiger partial charge on any atom is 0.156 e. The van der Waals surface area contributed by atoms with Crippen molar-refractivity contribution in [1.82, 2.24) is 5.32 Å². The van der Waals surface area contributed by atoms with Gasteiger partial charge in [0.25, 0.3) is 0 Å². The van der Waals surface area contributed by atoms with Gasteiger partial charge in [0.15, 0.2) is 5.78 Å². The molecular weight excluding hydrogens is 162 g/mol. The van der Waals surface area contributed by atoms with Crippen molar-refractivity contribution in [3.8, 4) is 0 Å². The van der Waals surface area contributed by atoms with Crippen molar-refractivity contribution in [1.29, 1.82) is 0 Å². The van der Waals surface area contributed by atoms with E-state index in [4.69, 9.17) is 0 Å². The summed E-state index contributed by atoms with van der Waals surface area (Å²) in [5.74, 6) is 0.282. The summed E-state index contributed by atoms with van der Waals surface area (Å²) in [6.45, 7) is 7.70. The van der Waals surface area contributed by atoms with E-state index in [0.717, 1.165) is 12.8 Å². The zero-order valence-corrected chi connectivity index (χ0v) is 8.55. The smallest absolute Gasteiger partial charge is 0.156 e. The molecule has 13 heavy (non-hydrogen) atoms. The van der Waals surface area contributed by atoms with Crippen LogP contribution < -0.4 is 5.32 Å². The Morgan fingerprint density at radius 2 is 2.31 bits per heavy atom. The molecule has 0 saturated carbocycles. The number of Topliss-reactive ketones (excluding diaryl/α,β-unsaturated/α-hetero) is 1. The number of hydrogen-bond acceptors (Lipinski definition) is 2. The molecule has 0 radical (unpaired) electrons. The lowest BCUT2D eigenvalue weighted by atomic mass is 9.91. The van der Waals surface area contributed by atoms with Crippen molar-refractivity contribution in [2.45, 2.75) is 45.2 Å². The van der Waals surface area contributed by atoms with Gasteiger partial charge in [-0.1, -0.05) is 13.0 Å². The minimum Gasteiger partial charge on any atom is -0.305 e. The lowest BCUT2D eigenvalue weighted by molar-refractivity contribution is -0.123. The number of ketones is 1. The van der Waals surface area contributed by atoms with Crippen LogP contribution in [0.2, 0.25) is 0 Å². The largest absolute Gasteiger partial charge is 0.305 e. The molecule has 0 aliphatic carbocycles. The van der Waals surface area contributed by atoms with Crippen molar-refractivity contribution in [3.63, 3.8) is 0 Å². The van der Waals surface area contributed by atoms with E-state index in [2.05, 4.69) is 18.8 Å². The third kappa shape index (κ3) is 2.66. The average molecular weight is 181 g/mol. The molecule has 1 aliphatic heterocycles. The van der Waals surface area contributed by atoms with Crippen LogP contribution in [0, 0.1) is 5.92 Å². The molecule has 0 aromatic carbocycles. The Kier molecular flexibility index (Phi) is 3.67. The van der Waals surface area contributed by atoms with Gasteiger partial charge in [-0.25, -0.2) is 0 Å². The molecule has 0 bridgehead atoms. The van der Waals surface area contributed by atoms with Gasteiger partial charge >= 0.3 is 0 Å². The third-order valence-corrected chi connectivity index (χ3v) is 2.76. The summed E-state index contributed by atoms with van der Waals surface area (Å²) in [6, 6.07) is 0.552. The first-order valence-corrected chi connectivity index (χ1v) is 5.07. The molecule has 74 valence electrons. The minimum absolute atomic E-state index is 0.0113. The number of carbonyl (C=O) groups excluding carboxylic acids is 1. The summed E-state index contributed by atoms with van der Waals surface area (Å²) in [7, 11) is 0. The molecule has 0 amide bonds. The molecule has 1 N–H and O–H groups in total. The summed E-state index contributed by atoms with van der Waals surface area (Å²) < 4.78 is 0. The number of allylic oxidation sites excluding steroid dienone is 1. The monoisotopic (exact) mass is 181 g/mol. The number of hydrogen-bond donors (Lipinski definition) is 1. The fourth-order valence-electron chi connectivity index (χ4n) is 1.80. The van der Waals surface area contributed by atoms with E-state index in [0.29, 0.717) is 11.8 Å². The summed E-state index contributed by atoms with van der Waals surface area (Å²) in [5, 5.41) is 3.33. The zero-order valence-electron chi connectivity index (χ0n) is 8.55. The lowest BCUT2D eigenvalue weighted by Gasteiger charge is -2.28. The molecule has 1 heterocycles. The molecule has 0 aromatic rings. The Bertz CT molecular complexity index is 200. The predicted molar refractivity (Wildman–Crippen MR) is 54.6 cm³/mol. The van der Waals surface area contributed by atoms with Gasteiger partial charge in [-0.05, 0) is 26.2 Å². The summed E-state index contributed by atoms with van der Waals surface area (Å²) in [4.78, 5) is 11.7. The van der Waals surface area contributed by atoms with Gasteiger partial charge in [0.1, 0.15) is 0 Å². The van der Waals surface area contributed by atoms with Gasteiger partial charge in [-0.2, -0.15) is 0 Å². The van der Waals surface area contributed by atoms with Crippen LogP contribution in [0.1, 0.15) is 33.1 Å². The average Bonchev–Trinajstić information content (AvgIpc) is 2.15. The maximum absolute atomic E-state index is 11.7. The maximum atomic E-state index is 11.7. The third-order valence-electron chi connectivity index (χ3n) is 2.76. The van der Waals surface area contributed by atoms with Crippen molar-refractivity contribution in [3.05, 3.63) is 12.7 Å². The van der Waals surface area contributed by atoms with Gasteiger partial charge < -0.3 is 5.32 Å². The molecular formula is C11H19NO. The molecule has 0 aromatic heterocycles. The van der Waals surface area contributed by atoms with E-state index < -0.39 is 0 Å². The first-order valence-electron chi connectivity index (χ1n) is 5.07. The zero-order chi connectivity index (χ0) is 9.84. The van der Waals surface area contributed by atoms with Gasteiger partial charge in [0, 0.05) is 12.0 Å². The molecule has 1 unspecified atom stereocenters.